The van der Waals surface area contributed by atoms with Crippen LogP contribution in [0.3, 0.4) is 0 Å². The summed E-state index contributed by atoms with van der Waals surface area (Å²) < 4.78 is 24.8. The second-order valence-corrected chi connectivity index (χ2v) is 7.48. The molecule has 21 heavy (non-hydrogen) atoms. The van der Waals surface area contributed by atoms with Crippen LogP contribution in [0.1, 0.15) is 22.3 Å². The number of rotatable bonds is 5. The van der Waals surface area contributed by atoms with Gasteiger partial charge in [0.1, 0.15) is 4.99 Å². The van der Waals surface area contributed by atoms with Gasteiger partial charge >= 0.3 is 0 Å². The highest BCUT2D eigenvalue weighted by atomic mass is 32.2. The SMILES string of the molecule is Cc1ccccc1CS(=O)(=O)Cc1ccccc1C(N)=S. The van der Waals surface area contributed by atoms with Gasteiger partial charge in [-0.05, 0) is 23.6 Å². The third kappa shape index (κ3) is 4.12. The second kappa shape index (κ2) is 6.37. The van der Waals surface area contributed by atoms with Crippen molar-refractivity contribution in [3.63, 3.8) is 0 Å². The van der Waals surface area contributed by atoms with E-state index < -0.39 is 9.84 Å². The van der Waals surface area contributed by atoms with E-state index in [1.165, 1.54) is 0 Å². The molecule has 0 radical (unpaired) electrons. The lowest BCUT2D eigenvalue weighted by molar-refractivity contribution is 0.594. The summed E-state index contributed by atoms with van der Waals surface area (Å²) in [7, 11) is -3.28. The highest BCUT2D eigenvalue weighted by Gasteiger charge is 2.17. The Morgan fingerprint density at radius 3 is 2.14 bits per heavy atom. The van der Waals surface area contributed by atoms with Crippen molar-refractivity contribution in [1.29, 1.82) is 0 Å². The summed E-state index contributed by atoms with van der Waals surface area (Å²) in [4.78, 5) is 0.219. The normalized spacial score (nSPS) is 11.3. The highest BCUT2D eigenvalue weighted by molar-refractivity contribution is 7.89. The Labute approximate surface area is 130 Å². The minimum Gasteiger partial charge on any atom is -0.389 e. The summed E-state index contributed by atoms with van der Waals surface area (Å²) >= 11 is 4.97. The van der Waals surface area contributed by atoms with Crippen LogP contribution in [0.25, 0.3) is 0 Å². The molecule has 110 valence electrons. The number of benzene rings is 2. The van der Waals surface area contributed by atoms with E-state index in [1.807, 2.05) is 31.2 Å². The zero-order chi connectivity index (χ0) is 15.5. The smallest absolute Gasteiger partial charge is 0.158 e. The van der Waals surface area contributed by atoms with Crippen molar-refractivity contribution in [2.24, 2.45) is 5.73 Å². The van der Waals surface area contributed by atoms with Gasteiger partial charge in [-0.2, -0.15) is 0 Å². The van der Waals surface area contributed by atoms with Gasteiger partial charge in [-0.3, -0.25) is 0 Å². The fourth-order valence-corrected chi connectivity index (χ4v) is 4.01. The van der Waals surface area contributed by atoms with Crippen LogP contribution in [0, 0.1) is 6.92 Å². The monoisotopic (exact) mass is 319 g/mol. The van der Waals surface area contributed by atoms with Gasteiger partial charge < -0.3 is 5.73 Å². The van der Waals surface area contributed by atoms with E-state index >= 15 is 0 Å². The summed E-state index contributed by atoms with van der Waals surface area (Å²) in [6.45, 7) is 1.91. The Hall–Kier alpha value is -1.72. The molecule has 0 aliphatic heterocycles. The predicted molar refractivity (Wildman–Crippen MR) is 89.8 cm³/mol. The highest BCUT2D eigenvalue weighted by Crippen LogP contribution is 2.18. The van der Waals surface area contributed by atoms with Crippen molar-refractivity contribution in [1.82, 2.24) is 0 Å². The number of sulfone groups is 1. The number of hydrogen-bond acceptors (Lipinski definition) is 3. The first-order valence-electron chi connectivity index (χ1n) is 6.52. The molecule has 0 bridgehead atoms. The molecule has 0 unspecified atom stereocenters. The Bertz CT molecular complexity index is 767. The van der Waals surface area contributed by atoms with Crippen molar-refractivity contribution in [3.8, 4) is 0 Å². The van der Waals surface area contributed by atoms with Gasteiger partial charge in [0, 0.05) is 5.56 Å². The molecule has 0 fully saturated rings. The van der Waals surface area contributed by atoms with Crippen LogP contribution in [0.5, 0.6) is 0 Å². The molecule has 2 N–H and O–H groups in total. The lowest BCUT2D eigenvalue weighted by Crippen LogP contribution is -2.15. The summed E-state index contributed by atoms with van der Waals surface area (Å²) in [5, 5.41) is 0. The van der Waals surface area contributed by atoms with Crippen molar-refractivity contribution in [2.45, 2.75) is 18.4 Å². The first-order chi connectivity index (χ1) is 9.89. The summed E-state index contributed by atoms with van der Waals surface area (Å²) in [5.41, 5.74) is 8.72. The van der Waals surface area contributed by atoms with E-state index in [2.05, 4.69) is 0 Å². The summed E-state index contributed by atoms with van der Waals surface area (Å²) in [6, 6.07) is 14.6. The van der Waals surface area contributed by atoms with Crippen molar-refractivity contribution >= 4 is 27.0 Å². The van der Waals surface area contributed by atoms with E-state index in [1.54, 1.807) is 24.3 Å². The van der Waals surface area contributed by atoms with Crippen LogP contribution in [-0.4, -0.2) is 13.4 Å². The van der Waals surface area contributed by atoms with Crippen molar-refractivity contribution in [3.05, 3.63) is 70.8 Å². The average molecular weight is 319 g/mol. The molecule has 2 aromatic carbocycles. The molecule has 0 spiro atoms. The summed E-state index contributed by atoms with van der Waals surface area (Å²) in [5.74, 6) is -0.0415. The average Bonchev–Trinajstić information content (AvgIpc) is 2.41. The number of hydrogen-bond donors (Lipinski definition) is 1. The molecular weight excluding hydrogens is 302 g/mol. The standard InChI is InChI=1S/C16H17NO2S2/c1-12-6-2-3-7-13(12)10-21(18,19)11-14-8-4-5-9-15(14)16(17)20/h2-9H,10-11H2,1H3,(H2,17,20). The zero-order valence-corrected chi connectivity index (χ0v) is 13.4. The molecule has 0 heterocycles. The Balaban J connectivity index is 2.27. The van der Waals surface area contributed by atoms with Crippen LogP contribution >= 0.6 is 12.2 Å². The van der Waals surface area contributed by atoms with Crippen molar-refractivity contribution in [2.75, 3.05) is 0 Å². The van der Waals surface area contributed by atoms with Gasteiger partial charge in [-0.1, -0.05) is 60.7 Å². The number of thiocarbonyl (C=S) groups is 1. The summed E-state index contributed by atoms with van der Waals surface area (Å²) in [6.07, 6.45) is 0. The van der Waals surface area contributed by atoms with E-state index in [0.29, 0.717) is 11.1 Å². The fraction of sp³-hybridized carbons (Fsp3) is 0.188. The zero-order valence-electron chi connectivity index (χ0n) is 11.7. The van der Waals surface area contributed by atoms with Crippen LogP contribution in [-0.2, 0) is 21.3 Å². The van der Waals surface area contributed by atoms with E-state index in [4.69, 9.17) is 18.0 Å². The van der Waals surface area contributed by atoms with E-state index in [0.717, 1.165) is 11.1 Å². The number of aryl methyl sites for hydroxylation is 1. The molecule has 0 saturated heterocycles. The first kappa shape index (κ1) is 15.7. The Kier molecular flexibility index (Phi) is 4.75. The third-order valence-electron chi connectivity index (χ3n) is 3.29. The van der Waals surface area contributed by atoms with Crippen LogP contribution < -0.4 is 5.73 Å². The van der Waals surface area contributed by atoms with Gasteiger partial charge in [-0.25, -0.2) is 8.42 Å². The first-order valence-corrected chi connectivity index (χ1v) is 8.74. The van der Waals surface area contributed by atoms with Crippen LogP contribution in [0.4, 0.5) is 0 Å². The third-order valence-corrected chi connectivity index (χ3v) is 5.02. The molecule has 0 aliphatic carbocycles. The molecule has 0 aliphatic rings. The number of nitrogens with two attached hydrogens (primary N) is 1. The van der Waals surface area contributed by atoms with Gasteiger partial charge in [0.05, 0.1) is 11.5 Å². The van der Waals surface area contributed by atoms with Gasteiger partial charge in [0.15, 0.2) is 9.84 Å². The molecule has 3 nitrogen and oxygen atoms in total. The molecule has 2 rings (SSSR count). The largest absolute Gasteiger partial charge is 0.389 e. The lowest BCUT2D eigenvalue weighted by Gasteiger charge is -2.10. The minimum atomic E-state index is -3.28. The maximum Gasteiger partial charge on any atom is 0.158 e. The van der Waals surface area contributed by atoms with Crippen molar-refractivity contribution < 1.29 is 8.42 Å². The van der Waals surface area contributed by atoms with E-state index in [9.17, 15) is 8.42 Å². The van der Waals surface area contributed by atoms with Gasteiger partial charge in [-0.15, -0.1) is 0 Å². The topological polar surface area (TPSA) is 60.2 Å². The van der Waals surface area contributed by atoms with Crippen LogP contribution in [0.15, 0.2) is 48.5 Å². The quantitative estimate of drug-likeness (QED) is 0.861. The second-order valence-electron chi connectivity index (χ2n) is 4.98. The Morgan fingerprint density at radius 2 is 1.52 bits per heavy atom. The molecule has 0 atom stereocenters. The molecule has 0 saturated carbocycles. The fourth-order valence-electron chi connectivity index (χ4n) is 2.18. The predicted octanol–water partition coefficient (Wildman–Crippen LogP) is 2.74. The maximum absolute atomic E-state index is 12.4. The Morgan fingerprint density at radius 1 is 1.00 bits per heavy atom. The minimum absolute atomic E-state index is 0.0192. The maximum atomic E-state index is 12.4. The van der Waals surface area contributed by atoms with Gasteiger partial charge in [0.2, 0.25) is 0 Å². The van der Waals surface area contributed by atoms with Crippen LogP contribution in [0.2, 0.25) is 0 Å². The molecular formula is C16H17NO2S2. The molecule has 5 heteroatoms. The molecule has 2 aromatic rings. The van der Waals surface area contributed by atoms with E-state index in [-0.39, 0.29) is 16.5 Å². The van der Waals surface area contributed by atoms with Gasteiger partial charge in [0.25, 0.3) is 0 Å². The molecule has 0 amide bonds. The molecule has 0 aromatic heterocycles. The lowest BCUT2D eigenvalue weighted by atomic mass is 10.1.